The van der Waals surface area contributed by atoms with Gasteiger partial charge in [-0.05, 0) is 59.7 Å². The number of carbonyl (C=O) groups is 2. The summed E-state index contributed by atoms with van der Waals surface area (Å²) in [5.74, 6) is -0.837. The number of methoxy groups -OCH3 is 2. The third-order valence-electron chi connectivity index (χ3n) is 5.41. The minimum absolute atomic E-state index is 0.346. The van der Waals surface area contributed by atoms with E-state index in [0.29, 0.717) is 28.5 Å². The SMILES string of the molecule is COc1ncc(C(OC)c2ccc(C(=O)NC(CCSC)C(=O)O)c(-c3ccccc3C)c2)s1. The first-order chi connectivity index (χ1) is 16.4. The van der Waals surface area contributed by atoms with Crippen LogP contribution in [0.3, 0.4) is 0 Å². The van der Waals surface area contributed by atoms with Crippen molar-refractivity contribution in [1.82, 2.24) is 10.3 Å². The van der Waals surface area contributed by atoms with E-state index in [2.05, 4.69) is 10.3 Å². The van der Waals surface area contributed by atoms with E-state index >= 15 is 0 Å². The second-order valence-corrected chi connectivity index (χ2v) is 9.62. The Hall–Kier alpha value is -2.88. The van der Waals surface area contributed by atoms with Gasteiger partial charge in [-0.3, -0.25) is 4.79 Å². The number of carboxylic acids is 1. The van der Waals surface area contributed by atoms with E-state index in [1.807, 2.05) is 49.6 Å². The third kappa shape index (κ3) is 5.97. The summed E-state index contributed by atoms with van der Waals surface area (Å²) >= 11 is 2.93. The summed E-state index contributed by atoms with van der Waals surface area (Å²) in [4.78, 5) is 30.1. The zero-order valence-corrected chi connectivity index (χ0v) is 21.2. The molecule has 0 aliphatic heterocycles. The Morgan fingerprint density at radius 3 is 2.56 bits per heavy atom. The zero-order valence-electron chi connectivity index (χ0n) is 19.5. The molecule has 1 aromatic heterocycles. The van der Waals surface area contributed by atoms with E-state index in [1.54, 1.807) is 26.5 Å². The molecule has 7 nitrogen and oxygen atoms in total. The maximum absolute atomic E-state index is 13.3. The van der Waals surface area contributed by atoms with E-state index in [1.165, 1.54) is 23.1 Å². The highest BCUT2D eigenvalue weighted by Gasteiger charge is 2.24. The van der Waals surface area contributed by atoms with Crippen molar-refractivity contribution in [3.8, 4) is 16.3 Å². The number of aryl methyl sites for hydroxylation is 1. The van der Waals surface area contributed by atoms with Gasteiger partial charge < -0.3 is 19.9 Å². The number of thiazole rings is 1. The number of amides is 1. The zero-order chi connectivity index (χ0) is 24.7. The number of benzene rings is 2. The van der Waals surface area contributed by atoms with E-state index in [0.717, 1.165) is 21.6 Å². The number of aromatic nitrogens is 1. The van der Waals surface area contributed by atoms with Crippen LogP contribution in [0.1, 0.15) is 38.9 Å². The van der Waals surface area contributed by atoms with Gasteiger partial charge in [0.05, 0.1) is 12.0 Å². The molecular weight excluding hydrogens is 472 g/mol. The van der Waals surface area contributed by atoms with Crippen molar-refractivity contribution < 1.29 is 24.2 Å². The molecule has 1 heterocycles. The molecule has 2 atom stereocenters. The molecule has 9 heteroatoms. The van der Waals surface area contributed by atoms with Crippen LogP contribution in [0.5, 0.6) is 5.19 Å². The van der Waals surface area contributed by atoms with Gasteiger partial charge in [-0.15, -0.1) is 0 Å². The number of hydrogen-bond acceptors (Lipinski definition) is 7. The maximum atomic E-state index is 13.3. The van der Waals surface area contributed by atoms with Crippen LogP contribution in [0.2, 0.25) is 0 Å². The summed E-state index contributed by atoms with van der Waals surface area (Å²) in [5.41, 5.74) is 3.85. The van der Waals surface area contributed by atoms with Crippen molar-refractivity contribution >= 4 is 35.0 Å². The Kier molecular flexibility index (Phi) is 9.09. The van der Waals surface area contributed by atoms with Gasteiger partial charge in [-0.1, -0.05) is 41.7 Å². The second-order valence-electron chi connectivity index (χ2n) is 7.61. The highest BCUT2D eigenvalue weighted by atomic mass is 32.2. The molecule has 2 unspecified atom stereocenters. The highest BCUT2D eigenvalue weighted by Crippen LogP contribution is 2.36. The fourth-order valence-electron chi connectivity index (χ4n) is 3.65. The normalized spacial score (nSPS) is 12.7. The molecule has 3 rings (SSSR count). The number of aliphatic carboxylic acids is 1. The number of carbonyl (C=O) groups excluding carboxylic acids is 1. The van der Waals surface area contributed by atoms with Crippen LogP contribution >= 0.6 is 23.1 Å². The van der Waals surface area contributed by atoms with Crippen LogP contribution in [0.4, 0.5) is 0 Å². The van der Waals surface area contributed by atoms with E-state index in [9.17, 15) is 14.7 Å². The van der Waals surface area contributed by atoms with Crippen molar-refractivity contribution in [3.05, 3.63) is 70.2 Å². The lowest BCUT2D eigenvalue weighted by molar-refractivity contribution is -0.139. The first kappa shape index (κ1) is 25.7. The van der Waals surface area contributed by atoms with Gasteiger partial charge in [-0.25, -0.2) is 9.78 Å². The number of nitrogens with zero attached hydrogens (tertiary/aromatic N) is 1. The molecule has 0 aliphatic carbocycles. The van der Waals surface area contributed by atoms with E-state index in [4.69, 9.17) is 9.47 Å². The molecule has 0 bridgehead atoms. The summed E-state index contributed by atoms with van der Waals surface area (Å²) in [6.07, 6.45) is 3.57. The quantitative estimate of drug-likeness (QED) is 0.390. The standard InChI is InChI=1S/C25H28N2O5S2/c1-15-7-5-6-8-17(15)19-13-16(22(31-2)21-14-26-25(32-3)34-21)9-10-18(19)23(28)27-20(24(29)30)11-12-33-4/h5-10,13-14,20,22H,11-12H2,1-4H3,(H,27,28)(H,29,30). The molecule has 180 valence electrons. The lowest BCUT2D eigenvalue weighted by Crippen LogP contribution is -2.41. The second kappa shape index (κ2) is 12.0. The Morgan fingerprint density at radius 2 is 1.94 bits per heavy atom. The number of thioether (sulfide) groups is 1. The Balaban J connectivity index is 2.05. The third-order valence-corrected chi connectivity index (χ3v) is 7.06. The van der Waals surface area contributed by atoms with E-state index < -0.39 is 24.0 Å². The van der Waals surface area contributed by atoms with Gasteiger partial charge >= 0.3 is 5.97 Å². The molecule has 0 saturated carbocycles. The molecule has 0 aliphatic rings. The van der Waals surface area contributed by atoms with Crippen LogP contribution in [0.15, 0.2) is 48.7 Å². The summed E-state index contributed by atoms with van der Waals surface area (Å²) in [5, 5.41) is 12.8. The molecule has 2 N–H and O–H groups in total. The predicted molar refractivity (Wildman–Crippen MR) is 136 cm³/mol. The van der Waals surface area contributed by atoms with Crippen molar-refractivity contribution in [3.63, 3.8) is 0 Å². The lowest BCUT2D eigenvalue weighted by Gasteiger charge is -2.20. The average Bonchev–Trinajstić information content (AvgIpc) is 3.31. The van der Waals surface area contributed by atoms with Crippen molar-refractivity contribution in [2.75, 3.05) is 26.2 Å². The van der Waals surface area contributed by atoms with Crippen molar-refractivity contribution in [2.24, 2.45) is 0 Å². The van der Waals surface area contributed by atoms with E-state index in [-0.39, 0.29) is 0 Å². The summed E-state index contributed by atoms with van der Waals surface area (Å²) < 4.78 is 11.0. The van der Waals surface area contributed by atoms with Crippen LogP contribution in [0, 0.1) is 6.92 Å². The predicted octanol–water partition coefficient (Wildman–Crippen LogP) is 4.80. The van der Waals surface area contributed by atoms with Gasteiger partial charge in [-0.2, -0.15) is 11.8 Å². The molecule has 3 aromatic rings. The number of rotatable bonds is 11. The first-order valence-corrected chi connectivity index (χ1v) is 12.9. The summed E-state index contributed by atoms with van der Waals surface area (Å²) in [7, 11) is 3.19. The lowest BCUT2D eigenvalue weighted by atomic mass is 9.92. The van der Waals surface area contributed by atoms with Crippen molar-refractivity contribution in [1.29, 1.82) is 0 Å². The van der Waals surface area contributed by atoms with Crippen molar-refractivity contribution in [2.45, 2.75) is 25.5 Å². The monoisotopic (exact) mass is 500 g/mol. The smallest absolute Gasteiger partial charge is 0.326 e. The van der Waals surface area contributed by atoms with Gasteiger partial charge in [0.1, 0.15) is 12.1 Å². The average molecular weight is 501 g/mol. The number of ether oxygens (including phenoxy) is 2. The minimum atomic E-state index is -1.05. The number of hydrogen-bond donors (Lipinski definition) is 2. The largest absolute Gasteiger partial charge is 0.480 e. The topological polar surface area (TPSA) is 97.8 Å². The van der Waals surface area contributed by atoms with Gasteiger partial charge in [0.15, 0.2) is 0 Å². The molecular formula is C25H28N2O5S2. The molecule has 0 saturated heterocycles. The first-order valence-electron chi connectivity index (χ1n) is 10.6. The molecule has 1 amide bonds. The summed E-state index contributed by atoms with van der Waals surface area (Å²) in [6.45, 7) is 1.98. The Bertz CT molecular complexity index is 1150. The number of carboxylic acid groups (broad SMARTS) is 1. The molecule has 0 fully saturated rings. The maximum Gasteiger partial charge on any atom is 0.326 e. The number of nitrogens with one attached hydrogen (secondary N) is 1. The van der Waals surface area contributed by atoms with Gasteiger partial charge in [0.2, 0.25) is 0 Å². The van der Waals surface area contributed by atoms with Crippen LogP contribution in [-0.4, -0.2) is 54.2 Å². The Morgan fingerprint density at radius 1 is 1.18 bits per heavy atom. The van der Waals surface area contributed by atoms with Gasteiger partial charge in [0, 0.05) is 18.9 Å². The van der Waals surface area contributed by atoms with Crippen LogP contribution < -0.4 is 10.1 Å². The fraction of sp³-hybridized carbons (Fsp3) is 0.320. The molecule has 0 spiro atoms. The minimum Gasteiger partial charge on any atom is -0.480 e. The summed E-state index contributed by atoms with van der Waals surface area (Å²) in [6, 6.07) is 12.3. The molecule has 0 radical (unpaired) electrons. The van der Waals surface area contributed by atoms with Crippen LogP contribution in [0.25, 0.3) is 11.1 Å². The fourth-order valence-corrected chi connectivity index (χ4v) is 4.96. The highest BCUT2D eigenvalue weighted by molar-refractivity contribution is 7.98. The molecule has 34 heavy (non-hydrogen) atoms. The Labute approximate surface area is 207 Å². The molecule has 2 aromatic carbocycles. The van der Waals surface area contributed by atoms with Crippen LogP contribution in [-0.2, 0) is 9.53 Å². The van der Waals surface area contributed by atoms with Gasteiger partial charge in [0.25, 0.3) is 11.1 Å².